The van der Waals surface area contributed by atoms with Gasteiger partial charge in [-0.25, -0.2) is 0 Å². The minimum absolute atomic E-state index is 0.00116. The monoisotopic (exact) mass is 827 g/mol. The second-order valence-corrected chi connectivity index (χ2v) is 16.4. The first-order chi connectivity index (χ1) is 27.9. The Labute approximate surface area is 341 Å². The van der Waals surface area contributed by atoms with Crippen molar-refractivity contribution in [3.05, 3.63) is 51.6 Å². The van der Waals surface area contributed by atoms with Crippen LogP contribution in [0.3, 0.4) is 0 Å². The first kappa shape index (κ1) is 43.1. The van der Waals surface area contributed by atoms with Crippen LogP contribution in [0.4, 0.5) is 0 Å². The second-order valence-electron chi connectivity index (χ2n) is 16.4. The molecule has 2 aromatic rings. The summed E-state index contributed by atoms with van der Waals surface area (Å²) < 4.78 is 42.6. The number of nitrogens with zero attached hydrogens (tertiary/aromatic N) is 1. The van der Waals surface area contributed by atoms with E-state index in [2.05, 4.69) is 0 Å². The van der Waals surface area contributed by atoms with Gasteiger partial charge in [-0.3, -0.25) is 19.2 Å². The second kappa shape index (κ2) is 16.4. The quantitative estimate of drug-likeness (QED) is 0.154. The van der Waals surface area contributed by atoms with Crippen LogP contribution in [-0.2, 0) is 42.7 Å². The summed E-state index contributed by atoms with van der Waals surface area (Å²) in [7, 11) is 4.85. The van der Waals surface area contributed by atoms with Crippen LogP contribution < -0.4 is 0 Å². The average molecular weight is 828 g/mol. The number of rotatable bonds is 9. The molecule has 2 aliphatic carbocycles. The van der Waals surface area contributed by atoms with Crippen molar-refractivity contribution >= 4 is 23.3 Å². The van der Waals surface area contributed by atoms with E-state index in [0.29, 0.717) is 12.8 Å². The normalized spacial score (nSPS) is 35.9. The molecule has 0 spiro atoms. The van der Waals surface area contributed by atoms with Gasteiger partial charge in [0.05, 0.1) is 53.8 Å². The van der Waals surface area contributed by atoms with Crippen molar-refractivity contribution in [2.45, 2.75) is 145 Å². The molecular formula is C42H53NO16. The van der Waals surface area contributed by atoms with E-state index >= 15 is 0 Å². The van der Waals surface area contributed by atoms with Gasteiger partial charge in [-0.15, -0.1) is 0 Å². The molecule has 0 aromatic heterocycles. The summed E-state index contributed by atoms with van der Waals surface area (Å²) in [6.07, 6.45) is -6.99. The third-order valence-electron chi connectivity index (χ3n) is 12.5. The summed E-state index contributed by atoms with van der Waals surface area (Å²) in [5.41, 5.74) is -3.58. The highest BCUT2D eigenvalue weighted by molar-refractivity contribution is 6.31. The zero-order valence-electron chi connectivity index (χ0n) is 34.1. The summed E-state index contributed by atoms with van der Waals surface area (Å²) in [5, 5.41) is 56.5. The van der Waals surface area contributed by atoms with Gasteiger partial charge in [0.2, 0.25) is 5.78 Å². The number of hydrogen-bond acceptors (Lipinski definition) is 17. The number of esters is 1. The Morgan fingerprint density at radius 1 is 0.864 bits per heavy atom. The number of methoxy groups -OCH3 is 1. The van der Waals surface area contributed by atoms with E-state index in [-0.39, 0.29) is 54.2 Å². The van der Waals surface area contributed by atoms with Crippen LogP contribution in [0.5, 0.6) is 17.2 Å². The van der Waals surface area contributed by atoms with E-state index in [1.165, 1.54) is 6.07 Å². The molecule has 3 heterocycles. The number of carbonyl (C=O) groups is 4. The van der Waals surface area contributed by atoms with Crippen LogP contribution in [-0.4, -0.2) is 142 Å². The van der Waals surface area contributed by atoms with Crippen LogP contribution in [0, 0.1) is 0 Å². The first-order valence-corrected chi connectivity index (χ1v) is 20.0. The lowest BCUT2D eigenvalue weighted by Crippen LogP contribution is -2.58. The number of likely N-dealkylation sites (N-methyl/N-ethyl adjacent to an activating group) is 1. The van der Waals surface area contributed by atoms with Crippen LogP contribution in [0.15, 0.2) is 18.2 Å². The van der Waals surface area contributed by atoms with Gasteiger partial charge < -0.3 is 63.6 Å². The number of ketones is 3. The van der Waals surface area contributed by atoms with Crippen LogP contribution in [0.25, 0.3) is 0 Å². The zero-order valence-corrected chi connectivity index (χ0v) is 34.1. The predicted octanol–water partition coefficient (Wildman–Crippen LogP) is 2.86. The number of fused-ring (bicyclic) bond motifs is 3. The van der Waals surface area contributed by atoms with E-state index < -0.39 is 125 Å². The van der Waals surface area contributed by atoms with Gasteiger partial charge >= 0.3 is 5.97 Å². The number of benzene rings is 2. The number of Topliss-reactive ketones (excluding diaryl/α,β-unsaturated/α-hetero) is 1. The van der Waals surface area contributed by atoms with Gasteiger partial charge in [0.15, 0.2) is 30.4 Å². The number of carbonyl (C=O) groups excluding carboxylic acids is 4. The molecule has 3 fully saturated rings. The lowest BCUT2D eigenvalue weighted by molar-refractivity contribution is -0.324. The van der Waals surface area contributed by atoms with Gasteiger partial charge in [0.1, 0.15) is 41.5 Å². The van der Waals surface area contributed by atoms with E-state index in [4.69, 9.17) is 33.2 Å². The highest BCUT2D eigenvalue weighted by Gasteiger charge is 2.54. The van der Waals surface area contributed by atoms with Crippen molar-refractivity contribution in [2.24, 2.45) is 0 Å². The predicted molar refractivity (Wildman–Crippen MR) is 203 cm³/mol. The molecule has 0 amide bonds. The minimum Gasteiger partial charge on any atom is -0.507 e. The summed E-state index contributed by atoms with van der Waals surface area (Å²) in [5.74, 6) is -5.90. The summed E-state index contributed by atoms with van der Waals surface area (Å²) in [4.78, 5) is 55.1. The molecule has 5 aliphatic rings. The van der Waals surface area contributed by atoms with E-state index in [0.717, 1.165) is 19.2 Å². The maximum Gasteiger partial charge on any atom is 0.316 e. The maximum absolute atomic E-state index is 14.0. The molecule has 17 nitrogen and oxygen atoms in total. The number of hydrogen-bond donors (Lipinski definition) is 5. The van der Waals surface area contributed by atoms with Crippen molar-refractivity contribution in [3.8, 4) is 17.2 Å². The highest BCUT2D eigenvalue weighted by Crippen LogP contribution is 2.54. The number of aromatic hydroxyl groups is 3. The Morgan fingerprint density at radius 3 is 2.07 bits per heavy atom. The summed E-state index contributed by atoms with van der Waals surface area (Å²) in [6, 6.07) is 3.01. The van der Waals surface area contributed by atoms with Gasteiger partial charge in [-0.2, -0.15) is 0 Å². The molecule has 13 atom stereocenters. The van der Waals surface area contributed by atoms with Gasteiger partial charge in [0.25, 0.3) is 0 Å². The molecule has 0 radical (unpaired) electrons. The van der Waals surface area contributed by atoms with Gasteiger partial charge in [-0.1, -0.05) is 6.92 Å². The molecule has 17 heteroatoms. The minimum atomic E-state index is -1.81. The van der Waals surface area contributed by atoms with E-state index in [1.54, 1.807) is 27.7 Å². The Kier molecular flexibility index (Phi) is 12.0. The maximum atomic E-state index is 14.0. The van der Waals surface area contributed by atoms with Crippen molar-refractivity contribution in [2.75, 3.05) is 21.2 Å². The van der Waals surface area contributed by atoms with Crippen molar-refractivity contribution in [1.29, 1.82) is 0 Å². The van der Waals surface area contributed by atoms with Crippen LogP contribution >= 0.6 is 0 Å². The SMILES string of the molecule is CC[C@]1(O)CC(OC2CC(N(C)C)C(OC3CC(O)C(OC4CCC(=O)C(C)O4)C(C)O3)C(C)O2)c2c(cc3c(c2O)C(=O)c2c(O)ccc(O)c2C3=O)C1C(=O)OC. The highest BCUT2D eigenvalue weighted by atomic mass is 16.7. The fourth-order valence-corrected chi connectivity index (χ4v) is 9.33. The Balaban J connectivity index is 1.14. The number of aliphatic hydroxyl groups excluding tert-OH is 1. The molecule has 0 bridgehead atoms. The largest absolute Gasteiger partial charge is 0.507 e. The van der Waals surface area contributed by atoms with Gasteiger partial charge in [-0.05, 0) is 65.0 Å². The fourth-order valence-electron chi connectivity index (χ4n) is 9.33. The number of aliphatic hydroxyl groups is 2. The van der Waals surface area contributed by atoms with Crippen molar-refractivity contribution in [1.82, 2.24) is 4.90 Å². The first-order valence-electron chi connectivity index (χ1n) is 20.0. The number of phenolic OH excluding ortho intramolecular Hbond substituents is 3. The standard InChI is InChI=1S/C42H53NO16/c1-8-42(52)16-27(31-20(35(42)41(51)53-7)13-21-32(37(31)49)38(50)34-25(46)10-9-24(45)33(34)36(21)48)57-29-14-22(43(5)6)39(18(3)55-29)59-30-15-26(47)40(19(4)56-30)58-28-12-11-23(44)17(2)54-28/h9-10,13,17-19,22,26-30,35,39-40,45-47,49,52H,8,11-12,14-16H2,1-7H3/t17?,18?,19?,22?,26?,27?,28?,29?,30?,35?,39?,40?,42-/m0/s1. The van der Waals surface area contributed by atoms with E-state index in [9.17, 15) is 44.7 Å². The third-order valence-corrected chi connectivity index (χ3v) is 12.5. The number of ether oxygens (including phenoxy) is 7. The van der Waals surface area contributed by atoms with Gasteiger partial charge in [0, 0.05) is 49.3 Å². The summed E-state index contributed by atoms with van der Waals surface area (Å²) in [6.45, 7) is 6.89. The molecule has 0 saturated carbocycles. The van der Waals surface area contributed by atoms with Crippen molar-refractivity contribution < 1.29 is 77.9 Å². The zero-order chi connectivity index (χ0) is 42.8. The van der Waals surface area contributed by atoms with E-state index in [1.807, 2.05) is 19.0 Å². The van der Waals surface area contributed by atoms with Crippen LogP contribution in [0.1, 0.15) is 121 Å². The molecule has 5 N–H and O–H groups in total. The lowest BCUT2D eigenvalue weighted by Gasteiger charge is -2.48. The Bertz CT molecular complexity index is 1990. The van der Waals surface area contributed by atoms with Crippen molar-refractivity contribution in [3.63, 3.8) is 0 Å². The van der Waals surface area contributed by atoms with Crippen LogP contribution in [0.2, 0.25) is 0 Å². The molecule has 59 heavy (non-hydrogen) atoms. The third kappa shape index (κ3) is 7.65. The topological polar surface area (TPSA) is 237 Å². The summed E-state index contributed by atoms with van der Waals surface area (Å²) >= 11 is 0. The fraction of sp³-hybridized carbons (Fsp3) is 0.619. The Hall–Kier alpha value is -4.04. The smallest absolute Gasteiger partial charge is 0.316 e. The Morgan fingerprint density at radius 2 is 1.47 bits per heavy atom. The molecule has 3 saturated heterocycles. The average Bonchev–Trinajstić information content (AvgIpc) is 3.17. The molecule has 7 rings (SSSR count). The molecule has 2 aromatic carbocycles. The molecular weight excluding hydrogens is 774 g/mol. The molecule has 12 unspecified atom stereocenters. The molecule has 322 valence electrons. The number of phenols is 3. The lowest BCUT2D eigenvalue weighted by atomic mass is 9.67. The molecule has 3 aliphatic heterocycles.